The smallest absolute Gasteiger partial charge is 0.224 e. The lowest BCUT2D eigenvalue weighted by Gasteiger charge is -2.07. The molecule has 1 amide bonds. The molecule has 0 radical (unpaired) electrons. The molecule has 0 fully saturated rings. The van der Waals surface area contributed by atoms with E-state index in [1.165, 1.54) is 11.3 Å². The molecule has 1 aromatic carbocycles. The van der Waals surface area contributed by atoms with Crippen LogP contribution < -0.4 is 5.32 Å². The van der Waals surface area contributed by atoms with Crippen LogP contribution in [0.15, 0.2) is 66.4 Å². The van der Waals surface area contributed by atoms with Crippen LogP contribution in [0, 0.1) is 0 Å². The van der Waals surface area contributed by atoms with E-state index in [2.05, 4.69) is 15.3 Å². The number of rotatable bonds is 9. The predicted molar refractivity (Wildman–Crippen MR) is 120 cm³/mol. The molecule has 0 aliphatic carbocycles. The molecular weight excluding hydrogens is 412 g/mol. The lowest BCUT2D eigenvalue weighted by atomic mass is 10.1. The second kappa shape index (κ2) is 9.44. The van der Waals surface area contributed by atoms with Crippen molar-refractivity contribution in [3.8, 4) is 5.82 Å². The van der Waals surface area contributed by atoms with Gasteiger partial charge in [0.15, 0.2) is 5.78 Å². The number of hydrogen-bond acceptors (Lipinski definition) is 6. The third-order valence-corrected chi connectivity index (χ3v) is 5.70. The van der Waals surface area contributed by atoms with Gasteiger partial charge >= 0.3 is 0 Å². The first-order chi connectivity index (χ1) is 15.1. The summed E-state index contributed by atoms with van der Waals surface area (Å²) >= 11 is 1.37. The highest BCUT2D eigenvalue weighted by Gasteiger charge is 2.12. The van der Waals surface area contributed by atoms with Crippen molar-refractivity contribution in [1.29, 1.82) is 0 Å². The van der Waals surface area contributed by atoms with Crippen molar-refractivity contribution in [2.45, 2.75) is 25.7 Å². The van der Waals surface area contributed by atoms with E-state index >= 15 is 0 Å². The average molecular weight is 433 g/mol. The fourth-order valence-corrected chi connectivity index (χ4v) is 3.85. The quantitative estimate of drug-likeness (QED) is 0.395. The number of benzene rings is 1. The number of aromatic nitrogens is 3. The number of thiophene rings is 1. The summed E-state index contributed by atoms with van der Waals surface area (Å²) in [7, 11) is 0. The van der Waals surface area contributed by atoms with Crippen molar-refractivity contribution in [3.63, 3.8) is 0 Å². The summed E-state index contributed by atoms with van der Waals surface area (Å²) in [5.74, 6) is 0.294. The molecule has 1 N–H and O–H groups in total. The molecule has 4 aromatic rings. The summed E-state index contributed by atoms with van der Waals surface area (Å²) in [6.45, 7) is 0. The number of anilines is 1. The van der Waals surface area contributed by atoms with E-state index in [0.29, 0.717) is 16.4 Å². The first-order valence-corrected chi connectivity index (χ1v) is 10.7. The van der Waals surface area contributed by atoms with E-state index in [1.807, 2.05) is 40.3 Å². The van der Waals surface area contributed by atoms with Crippen molar-refractivity contribution in [2.24, 2.45) is 0 Å². The number of ketones is 2. The molecule has 4 rings (SSSR count). The molecule has 0 saturated heterocycles. The highest BCUT2D eigenvalue weighted by Crippen LogP contribution is 2.18. The monoisotopic (exact) mass is 432 g/mol. The molecule has 0 spiro atoms. The van der Waals surface area contributed by atoms with Crippen LogP contribution in [0.1, 0.15) is 35.4 Å². The van der Waals surface area contributed by atoms with Gasteiger partial charge in [-0.2, -0.15) is 0 Å². The maximum atomic E-state index is 12.2. The summed E-state index contributed by atoms with van der Waals surface area (Å²) < 4.78 is 1.87. The topological polar surface area (TPSA) is 93.9 Å². The number of imidazole rings is 1. The molecule has 0 unspecified atom stereocenters. The molecule has 0 atom stereocenters. The Bertz CT molecular complexity index is 1210. The van der Waals surface area contributed by atoms with Crippen LogP contribution in [0.3, 0.4) is 0 Å². The molecule has 8 heteroatoms. The van der Waals surface area contributed by atoms with Crippen LogP contribution in [-0.2, 0) is 9.59 Å². The highest BCUT2D eigenvalue weighted by atomic mass is 32.1. The minimum Gasteiger partial charge on any atom is -0.325 e. The zero-order valence-corrected chi connectivity index (χ0v) is 17.5. The van der Waals surface area contributed by atoms with E-state index in [1.54, 1.807) is 30.7 Å². The van der Waals surface area contributed by atoms with E-state index in [-0.39, 0.29) is 43.2 Å². The van der Waals surface area contributed by atoms with Gasteiger partial charge < -0.3 is 5.32 Å². The molecule has 0 saturated carbocycles. The number of hydrogen-bond donors (Lipinski definition) is 1. The van der Waals surface area contributed by atoms with Gasteiger partial charge in [0.2, 0.25) is 5.91 Å². The van der Waals surface area contributed by atoms with Gasteiger partial charge in [-0.05, 0) is 35.7 Å². The maximum absolute atomic E-state index is 12.2. The second-order valence-corrected chi connectivity index (χ2v) is 7.94. The van der Waals surface area contributed by atoms with Gasteiger partial charge in [0, 0.05) is 25.7 Å². The fraction of sp³-hybridized carbons (Fsp3) is 0.174. The molecule has 0 bridgehead atoms. The standard InChI is InChI=1S/C23H20N4O3S/c28-17(8-10-20(29)21-6-3-13-31-21)9-12-23(30)26-16-7-11-22(24-14-16)27-15-25-18-4-1-2-5-19(18)27/h1-7,11,13-15H,8-10,12H2,(H,26,30). The number of carbonyl (C=O) groups is 3. The van der Waals surface area contributed by atoms with Gasteiger partial charge in [0.1, 0.15) is 17.9 Å². The summed E-state index contributed by atoms with van der Waals surface area (Å²) in [6.07, 6.45) is 3.79. The largest absolute Gasteiger partial charge is 0.325 e. The number of pyridine rings is 1. The minimum absolute atomic E-state index is 0.0374. The molecule has 31 heavy (non-hydrogen) atoms. The molecule has 7 nitrogen and oxygen atoms in total. The SMILES string of the molecule is O=C(CCC(=O)Nc1ccc(-n2cnc3ccccc32)nc1)CCC(=O)c1cccs1. The summed E-state index contributed by atoms with van der Waals surface area (Å²) in [4.78, 5) is 45.5. The Balaban J connectivity index is 1.26. The van der Waals surface area contributed by atoms with Crippen molar-refractivity contribution < 1.29 is 14.4 Å². The number of fused-ring (bicyclic) bond motifs is 1. The molecular formula is C23H20N4O3S. The van der Waals surface area contributed by atoms with Gasteiger partial charge in [-0.1, -0.05) is 18.2 Å². The molecule has 156 valence electrons. The zero-order chi connectivity index (χ0) is 21.6. The second-order valence-electron chi connectivity index (χ2n) is 7.00. The Morgan fingerprint density at radius 1 is 0.903 bits per heavy atom. The lowest BCUT2D eigenvalue weighted by Crippen LogP contribution is -2.14. The van der Waals surface area contributed by atoms with Gasteiger partial charge in [-0.15, -0.1) is 11.3 Å². The summed E-state index contributed by atoms with van der Waals surface area (Å²) in [5.41, 5.74) is 2.38. The van der Waals surface area contributed by atoms with Crippen LogP contribution in [0.25, 0.3) is 16.9 Å². The van der Waals surface area contributed by atoms with Crippen molar-refractivity contribution in [3.05, 3.63) is 71.3 Å². The Morgan fingerprint density at radius 3 is 2.52 bits per heavy atom. The van der Waals surface area contributed by atoms with Crippen molar-refractivity contribution >= 4 is 45.5 Å². The number of Topliss-reactive ketones (excluding diaryl/α,β-unsaturated/α-hetero) is 2. The number of nitrogens with one attached hydrogen (secondary N) is 1. The van der Waals surface area contributed by atoms with Crippen LogP contribution in [0.4, 0.5) is 5.69 Å². The molecule has 3 heterocycles. The summed E-state index contributed by atoms with van der Waals surface area (Å²) in [5, 5.41) is 4.58. The number of carbonyl (C=O) groups excluding carboxylic acids is 3. The molecule has 3 aromatic heterocycles. The van der Waals surface area contributed by atoms with Crippen LogP contribution in [0.5, 0.6) is 0 Å². The van der Waals surface area contributed by atoms with Gasteiger partial charge in [-0.3, -0.25) is 19.0 Å². The Kier molecular flexibility index (Phi) is 6.28. The first-order valence-electron chi connectivity index (χ1n) is 9.87. The molecule has 0 aliphatic rings. The average Bonchev–Trinajstić information content (AvgIpc) is 3.47. The van der Waals surface area contributed by atoms with Crippen LogP contribution in [0.2, 0.25) is 0 Å². The third kappa shape index (κ3) is 5.10. The van der Waals surface area contributed by atoms with Crippen LogP contribution >= 0.6 is 11.3 Å². The number of nitrogens with zero attached hydrogens (tertiary/aromatic N) is 3. The van der Waals surface area contributed by atoms with Gasteiger partial charge in [0.25, 0.3) is 0 Å². The number of para-hydroxylation sites is 2. The first kappa shape index (κ1) is 20.6. The van der Waals surface area contributed by atoms with E-state index < -0.39 is 0 Å². The van der Waals surface area contributed by atoms with Gasteiger partial charge in [0.05, 0.1) is 27.8 Å². The van der Waals surface area contributed by atoms with Gasteiger partial charge in [-0.25, -0.2) is 9.97 Å². The Hall–Kier alpha value is -3.65. The maximum Gasteiger partial charge on any atom is 0.224 e. The zero-order valence-electron chi connectivity index (χ0n) is 16.7. The normalized spacial score (nSPS) is 10.8. The van der Waals surface area contributed by atoms with Crippen LogP contribution in [-0.4, -0.2) is 32.0 Å². The van der Waals surface area contributed by atoms with Crippen molar-refractivity contribution in [2.75, 3.05) is 5.32 Å². The van der Waals surface area contributed by atoms with Crippen molar-refractivity contribution in [1.82, 2.24) is 14.5 Å². The summed E-state index contributed by atoms with van der Waals surface area (Å²) in [6, 6.07) is 14.9. The predicted octanol–water partition coefficient (Wildman–Crippen LogP) is 4.43. The highest BCUT2D eigenvalue weighted by molar-refractivity contribution is 7.12. The number of amides is 1. The lowest BCUT2D eigenvalue weighted by molar-refractivity contribution is -0.122. The fourth-order valence-electron chi connectivity index (χ4n) is 3.16. The Morgan fingerprint density at radius 2 is 1.74 bits per heavy atom. The van der Waals surface area contributed by atoms with E-state index in [0.717, 1.165) is 11.0 Å². The third-order valence-electron chi connectivity index (χ3n) is 4.79. The minimum atomic E-state index is -0.263. The van der Waals surface area contributed by atoms with E-state index in [9.17, 15) is 14.4 Å². The van der Waals surface area contributed by atoms with E-state index in [4.69, 9.17) is 0 Å². The Labute approximate surface area is 182 Å². The molecule has 0 aliphatic heterocycles.